The highest BCUT2D eigenvalue weighted by molar-refractivity contribution is 7.92. The molecule has 1 amide bonds. The summed E-state index contributed by atoms with van der Waals surface area (Å²) in [6.45, 7) is 5.00. The van der Waals surface area contributed by atoms with Crippen molar-refractivity contribution in [2.75, 3.05) is 22.8 Å². The van der Waals surface area contributed by atoms with Crippen LogP contribution in [0.3, 0.4) is 0 Å². The molecule has 0 spiro atoms. The zero-order valence-corrected chi connectivity index (χ0v) is 21.7. The van der Waals surface area contributed by atoms with Gasteiger partial charge in [-0.2, -0.15) is 0 Å². The number of rotatable bonds is 8. The minimum Gasteiger partial charge on any atom is -0.462 e. The van der Waals surface area contributed by atoms with Crippen LogP contribution in [0.25, 0.3) is 0 Å². The first-order valence-electron chi connectivity index (χ1n) is 10.6. The average Bonchev–Trinajstić information content (AvgIpc) is 2.81. The number of halogens is 2. The Morgan fingerprint density at radius 1 is 0.943 bits per heavy atom. The smallest absolute Gasteiger partial charge is 0.338 e. The largest absolute Gasteiger partial charge is 0.462 e. The van der Waals surface area contributed by atoms with E-state index in [0.717, 1.165) is 15.4 Å². The van der Waals surface area contributed by atoms with Crippen molar-refractivity contribution in [3.63, 3.8) is 0 Å². The SMILES string of the molecule is CCOC(=O)c1ccc(NC(=O)CN(c2ccc(C)c(Cl)c2)S(=O)(=O)c2ccc(C)cc2)c(Cl)c1. The van der Waals surface area contributed by atoms with Crippen molar-refractivity contribution in [1.82, 2.24) is 0 Å². The number of esters is 1. The zero-order valence-electron chi connectivity index (χ0n) is 19.3. The van der Waals surface area contributed by atoms with Gasteiger partial charge in [-0.3, -0.25) is 9.10 Å². The summed E-state index contributed by atoms with van der Waals surface area (Å²) in [5.41, 5.74) is 2.35. The van der Waals surface area contributed by atoms with E-state index in [0.29, 0.717) is 5.02 Å². The number of carbonyl (C=O) groups excluding carboxylic acids is 2. The van der Waals surface area contributed by atoms with Gasteiger partial charge in [-0.15, -0.1) is 0 Å². The van der Waals surface area contributed by atoms with Crippen molar-refractivity contribution in [3.8, 4) is 0 Å². The number of anilines is 2. The Hall–Kier alpha value is -3.07. The molecule has 0 atom stereocenters. The Balaban J connectivity index is 1.92. The number of benzene rings is 3. The molecule has 0 unspecified atom stereocenters. The molecule has 0 heterocycles. The second kappa shape index (κ2) is 11.1. The van der Waals surface area contributed by atoms with E-state index in [-0.39, 0.29) is 33.5 Å². The van der Waals surface area contributed by atoms with Gasteiger partial charge in [-0.1, -0.05) is 47.0 Å². The number of sulfonamides is 1. The third-order valence-corrected chi connectivity index (χ3v) is 7.60. The summed E-state index contributed by atoms with van der Waals surface area (Å²) in [4.78, 5) is 24.9. The fourth-order valence-electron chi connectivity index (χ4n) is 3.17. The van der Waals surface area contributed by atoms with Gasteiger partial charge in [0.1, 0.15) is 6.54 Å². The van der Waals surface area contributed by atoms with E-state index in [4.69, 9.17) is 27.9 Å². The van der Waals surface area contributed by atoms with Gasteiger partial charge in [0.25, 0.3) is 10.0 Å². The monoisotopic (exact) mass is 534 g/mol. The summed E-state index contributed by atoms with van der Waals surface area (Å²) in [7, 11) is -4.10. The molecule has 0 bridgehead atoms. The first-order chi connectivity index (χ1) is 16.5. The van der Waals surface area contributed by atoms with Crippen LogP contribution in [0.4, 0.5) is 11.4 Å². The number of aryl methyl sites for hydroxylation is 2. The number of hydrogen-bond acceptors (Lipinski definition) is 5. The van der Waals surface area contributed by atoms with Crippen LogP contribution in [-0.4, -0.2) is 33.4 Å². The lowest BCUT2D eigenvalue weighted by atomic mass is 10.2. The first-order valence-corrected chi connectivity index (χ1v) is 12.8. The molecule has 0 saturated heterocycles. The standard InChI is InChI=1S/C25H24Cl2N2O5S/c1-4-34-25(31)18-8-12-23(22(27)13-18)28-24(30)15-29(19-9-7-17(3)21(26)14-19)35(32,33)20-10-5-16(2)6-11-20/h5-14H,4,15H2,1-3H3,(H,28,30). The second-order valence-corrected chi connectivity index (χ2v) is 10.4. The number of nitrogens with zero attached hydrogens (tertiary/aromatic N) is 1. The predicted octanol–water partition coefficient (Wildman–Crippen LogP) is 5.62. The quantitative estimate of drug-likeness (QED) is 0.378. The lowest BCUT2D eigenvalue weighted by Gasteiger charge is -2.25. The predicted molar refractivity (Wildman–Crippen MR) is 138 cm³/mol. The fraction of sp³-hybridized carbons (Fsp3) is 0.200. The van der Waals surface area contributed by atoms with Crippen LogP contribution in [0.5, 0.6) is 0 Å². The Kier molecular flexibility index (Phi) is 8.43. The highest BCUT2D eigenvalue weighted by Gasteiger charge is 2.28. The number of hydrogen-bond donors (Lipinski definition) is 1. The summed E-state index contributed by atoms with van der Waals surface area (Å²) in [5, 5.41) is 3.08. The molecule has 0 radical (unpaired) electrons. The third kappa shape index (κ3) is 6.33. The molecule has 0 aliphatic heterocycles. The van der Waals surface area contributed by atoms with Gasteiger partial charge in [0, 0.05) is 5.02 Å². The van der Waals surface area contributed by atoms with E-state index in [2.05, 4.69) is 5.32 Å². The Bertz CT molecular complexity index is 1360. The van der Waals surface area contributed by atoms with Gasteiger partial charge in [0.15, 0.2) is 0 Å². The summed E-state index contributed by atoms with van der Waals surface area (Å²) >= 11 is 12.5. The molecule has 10 heteroatoms. The van der Waals surface area contributed by atoms with Gasteiger partial charge in [0.05, 0.1) is 33.5 Å². The lowest BCUT2D eigenvalue weighted by molar-refractivity contribution is -0.114. The van der Waals surface area contributed by atoms with Crippen molar-refractivity contribution in [1.29, 1.82) is 0 Å². The van der Waals surface area contributed by atoms with E-state index in [1.807, 2.05) is 6.92 Å². The molecule has 3 rings (SSSR count). The maximum Gasteiger partial charge on any atom is 0.338 e. The highest BCUT2D eigenvalue weighted by atomic mass is 35.5. The van der Waals surface area contributed by atoms with Crippen molar-refractivity contribution < 1.29 is 22.7 Å². The summed E-state index contributed by atoms with van der Waals surface area (Å²) in [6.07, 6.45) is 0. The Labute approximate surface area is 214 Å². The van der Waals surface area contributed by atoms with Crippen LogP contribution in [0.1, 0.15) is 28.4 Å². The van der Waals surface area contributed by atoms with E-state index in [9.17, 15) is 18.0 Å². The van der Waals surface area contributed by atoms with E-state index >= 15 is 0 Å². The second-order valence-electron chi connectivity index (χ2n) is 7.72. The highest BCUT2D eigenvalue weighted by Crippen LogP contribution is 2.29. The van der Waals surface area contributed by atoms with Crippen LogP contribution in [0.2, 0.25) is 10.0 Å². The van der Waals surface area contributed by atoms with Crippen LogP contribution in [0, 0.1) is 13.8 Å². The van der Waals surface area contributed by atoms with Gasteiger partial charge in [0.2, 0.25) is 5.91 Å². The molecule has 0 aliphatic rings. The summed E-state index contributed by atoms with van der Waals surface area (Å²) in [6, 6.07) is 15.4. The van der Waals surface area contributed by atoms with Gasteiger partial charge >= 0.3 is 5.97 Å². The van der Waals surface area contributed by atoms with Crippen molar-refractivity contribution >= 4 is 56.5 Å². The zero-order chi connectivity index (χ0) is 25.8. The molecule has 0 aromatic heterocycles. The lowest BCUT2D eigenvalue weighted by Crippen LogP contribution is -2.38. The maximum absolute atomic E-state index is 13.5. The topological polar surface area (TPSA) is 92.8 Å². The van der Waals surface area contributed by atoms with Crippen LogP contribution >= 0.6 is 23.2 Å². The molecule has 0 fully saturated rings. The summed E-state index contributed by atoms with van der Waals surface area (Å²) in [5.74, 6) is -1.18. The van der Waals surface area contributed by atoms with Crippen molar-refractivity contribution in [2.24, 2.45) is 0 Å². The molecule has 1 N–H and O–H groups in total. The molecule has 184 valence electrons. The van der Waals surface area contributed by atoms with E-state index in [1.165, 1.54) is 36.4 Å². The van der Waals surface area contributed by atoms with Crippen LogP contribution in [-0.2, 0) is 19.6 Å². The molecule has 7 nitrogen and oxygen atoms in total. The van der Waals surface area contributed by atoms with E-state index < -0.39 is 28.4 Å². The molecular weight excluding hydrogens is 511 g/mol. The molecule has 0 saturated carbocycles. The van der Waals surface area contributed by atoms with Crippen molar-refractivity contribution in [2.45, 2.75) is 25.7 Å². The minimum atomic E-state index is -4.10. The summed E-state index contributed by atoms with van der Waals surface area (Å²) < 4.78 is 32.9. The van der Waals surface area contributed by atoms with Crippen LogP contribution in [0.15, 0.2) is 65.6 Å². The molecule has 0 aliphatic carbocycles. The average molecular weight is 535 g/mol. The molecule has 35 heavy (non-hydrogen) atoms. The minimum absolute atomic E-state index is 0.0319. The molecular formula is C25H24Cl2N2O5S. The van der Waals surface area contributed by atoms with Gasteiger partial charge in [-0.25, -0.2) is 13.2 Å². The van der Waals surface area contributed by atoms with Gasteiger partial charge < -0.3 is 10.1 Å². The Morgan fingerprint density at radius 2 is 1.63 bits per heavy atom. The molecule has 3 aromatic rings. The normalized spacial score (nSPS) is 11.1. The maximum atomic E-state index is 13.5. The van der Waals surface area contributed by atoms with Crippen LogP contribution < -0.4 is 9.62 Å². The Morgan fingerprint density at radius 3 is 2.23 bits per heavy atom. The van der Waals surface area contributed by atoms with Gasteiger partial charge in [-0.05, 0) is 68.8 Å². The van der Waals surface area contributed by atoms with E-state index in [1.54, 1.807) is 38.1 Å². The number of carbonyl (C=O) groups is 2. The third-order valence-electron chi connectivity index (χ3n) is 5.09. The number of ether oxygens (including phenoxy) is 1. The molecule has 3 aromatic carbocycles. The van der Waals surface area contributed by atoms with Crippen molar-refractivity contribution in [3.05, 3.63) is 87.4 Å². The number of amides is 1. The number of nitrogens with one attached hydrogen (secondary N) is 1. The first kappa shape index (κ1) is 26.5. The fourth-order valence-corrected chi connectivity index (χ4v) is 4.98.